The fraction of sp³-hybridized carbons (Fsp3) is 0.615. The molecule has 1 N–H and O–H groups in total. The van der Waals surface area contributed by atoms with Crippen molar-refractivity contribution in [2.75, 3.05) is 26.9 Å². The Morgan fingerprint density at radius 2 is 2.26 bits per heavy atom. The molecular weight excluding hydrogens is 246 g/mol. The summed E-state index contributed by atoms with van der Waals surface area (Å²) in [6.45, 7) is 3.93. The Morgan fingerprint density at radius 3 is 3.00 bits per heavy atom. The zero-order chi connectivity index (χ0) is 13.7. The van der Waals surface area contributed by atoms with Gasteiger partial charge in [-0.2, -0.15) is 0 Å². The number of nitrogens with zero attached hydrogens (tertiary/aromatic N) is 2. The molecule has 6 heteroatoms. The topological polar surface area (TPSA) is 73.3 Å². The van der Waals surface area contributed by atoms with Crippen molar-refractivity contribution >= 4 is 5.78 Å². The molecule has 2 unspecified atom stereocenters. The van der Waals surface area contributed by atoms with Crippen LogP contribution in [0.5, 0.6) is 5.88 Å². The molecule has 19 heavy (non-hydrogen) atoms. The van der Waals surface area contributed by atoms with E-state index >= 15 is 0 Å². The Kier molecular flexibility index (Phi) is 4.81. The molecule has 0 spiro atoms. The van der Waals surface area contributed by atoms with Gasteiger partial charge in [0, 0.05) is 18.4 Å². The molecule has 6 nitrogen and oxygen atoms in total. The summed E-state index contributed by atoms with van der Waals surface area (Å²) in [6, 6.07) is 0.0409. The maximum atomic E-state index is 12.5. The van der Waals surface area contributed by atoms with E-state index in [9.17, 15) is 4.79 Å². The molecule has 1 aliphatic rings. The first kappa shape index (κ1) is 13.9. The minimum atomic E-state index is -0.225. The second-order valence-corrected chi connectivity index (χ2v) is 4.48. The summed E-state index contributed by atoms with van der Waals surface area (Å²) in [5, 5.41) is 3.33. The number of methoxy groups -OCH3 is 1. The lowest BCUT2D eigenvalue weighted by molar-refractivity contribution is 0.0882. The average Bonchev–Trinajstić information content (AvgIpc) is 2.92. The van der Waals surface area contributed by atoms with E-state index in [-0.39, 0.29) is 29.3 Å². The number of Topliss-reactive ketones (excluding diaryl/α,β-unsaturated/α-hetero) is 1. The second-order valence-electron chi connectivity index (χ2n) is 4.48. The summed E-state index contributed by atoms with van der Waals surface area (Å²) in [7, 11) is 1.48. The Balaban J connectivity index is 2.13. The van der Waals surface area contributed by atoms with E-state index in [1.54, 1.807) is 0 Å². The van der Waals surface area contributed by atoms with Crippen molar-refractivity contribution < 1.29 is 14.3 Å². The molecule has 0 amide bonds. The van der Waals surface area contributed by atoms with Gasteiger partial charge in [0.15, 0.2) is 11.5 Å². The van der Waals surface area contributed by atoms with Gasteiger partial charge in [-0.15, -0.1) is 0 Å². The third kappa shape index (κ3) is 3.08. The van der Waals surface area contributed by atoms with Crippen molar-refractivity contribution in [2.24, 2.45) is 5.92 Å². The summed E-state index contributed by atoms with van der Waals surface area (Å²) in [5.74, 6) is -0.0261. The SMILES string of the molecule is CCCNC1COCC1C(=O)c1nccnc1OC. The predicted molar refractivity (Wildman–Crippen MR) is 69.3 cm³/mol. The Bertz CT molecular complexity index is 439. The van der Waals surface area contributed by atoms with Gasteiger partial charge in [0.25, 0.3) is 0 Å². The van der Waals surface area contributed by atoms with Gasteiger partial charge in [-0.25, -0.2) is 9.97 Å². The first-order valence-corrected chi connectivity index (χ1v) is 6.48. The van der Waals surface area contributed by atoms with E-state index in [4.69, 9.17) is 9.47 Å². The highest BCUT2D eigenvalue weighted by atomic mass is 16.5. The number of carbonyl (C=O) groups excluding carboxylic acids is 1. The van der Waals surface area contributed by atoms with Gasteiger partial charge in [0.1, 0.15) is 0 Å². The molecule has 2 heterocycles. The zero-order valence-corrected chi connectivity index (χ0v) is 11.3. The lowest BCUT2D eigenvalue weighted by Gasteiger charge is -2.17. The van der Waals surface area contributed by atoms with Gasteiger partial charge >= 0.3 is 0 Å². The molecule has 0 bridgehead atoms. The van der Waals surface area contributed by atoms with Crippen molar-refractivity contribution in [3.8, 4) is 5.88 Å². The van der Waals surface area contributed by atoms with Gasteiger partial charge in [-0.1, -0.05) is 6.92 Å². The quantitative estimate of drug-likeness (QED) is 0.763. The number of carbonyl (C=O) groups is 1. The molecule has 2 rings (SSSR count). The summed E-state index contributed by atoms with van der Waals surface area (Å²) >= 11 is 0. The standard InChI is InChI=1S/C13H19N3O3/c1-3-4-14-10-8-19-7-9(10)12(17)11-13(18-2)16-6-5-15-11/h5-6,9-10,14H,3-4,7-8H2,1-2H3. The lowest BCUT2D eigenvalue weighted by atomic mass is 9.96. The van der Waals surface area contributed by atoms with E-state index in [0.717, 1.165) is 13.0 Å². The molecule has 1 aliphatic heterocycles. The number of ether oxygens (including phenoxy) is 2. The van der Waals surface area contributed by atoms with Crippen molar-refractivity contribution in [2.45, 2.75) is 19.4 Å². The molecule has 1 aromatic rings. The largest absolute Gasteiger partial charge is 0.479 e. The summed E-state index contributed by atoms with van der Waals surface area (Å²) in [4.78, 5) is 20.6. The minimum absolute atomic E-state index is 0.0409. The van der Waals surface area contributed by atoms with Crippen LogP contribution in [0, 0.1) is 5.92 Å². The summed E-state index contributed by atoms with van der Waals surface area (Å²) in [5.41, 5.74) is 0.281. The third-order valence-electron chi connectivity index (χ3n) is 3.17. The summed E-state index contributed by atoms with van der Waals surface area (Å²) in [6.07, 6.45) is 4.03. The van der Waals surface area contributed by atoms with Crippen LogP contribution in [0.25, 0.3) is 0 Å². The van der Waals surface area contributed by atoms with E-state index in [1.807, 2.05) is 0 Å². The number of rotatable bonds is 6. The van der Waals surface area contributed by atoms with E-state index in [2.05, 4.69) is 22.2 Å². The fourth-order valence-corrected chi connectivity index (χ4v) is 2.16. The van der Waals surface area contributed by atoms with Crippen LogP contribution in [-0.2, 0) is 4.74 Å². The van der Waals surface area contributed by atoms with E-state index < -0.39 is 0 Å². The second kappa shape index (κ2) is 6.58. The van der Waals surface area contributed by atoms with Crippen molar-refractivity contribution in [3.63, 3.8) is 0 Å². The number of hydrogen-bond donors (Lipinski definition) is 1. The van der Waals surface area contributed by atoms with Crippen LogP contribution in [0.3, 0.4) is 0 Å². The van der Waals surface area contributed by atoms with Crippen molar-refractivity contribution in [1.82, 2.24) is 15.3 Å². The molecule has 0 radical (unpaired) electrons. The maximum absolute atomic E-state index is 12.5. The van der Waals surface area contributed by atoms with Crippen LogP contribution in [0.2, 0.25) is 0 Å². The molecule has 1 aromatic heterocycles. The smallest absolute Gasteiger partial charge is 0.243 e. The first-order valence-electron chi connectivity index (χ1n) is 6.48. The van der Waals surface area contributed by atoms with Crippen LogP contribution in [0.4, 0.5) is 0 Å². The Labute approximate surface area is 112 Å². The van der Waals surface area contributed by atoms with E-state index in [0.29, 0.717) is 13.2 Å². The van der Waals surface area contributed by atoms with E-state index in [1.165, 1.54) is 19.5 Å². The van der Waals surface area contributed by atoms with Crippen LogP contribution < -0.4 is 10.1 Å². The lowest BCUT2D eigenvalue weighted by Crippen LogP contribution is -2.40. The number of ketones is 1. The number of hydrogen-bond acceptors (Lipinski definition) is 6. The first-order chi connectivity index (χ1) is 9.27. The van der Waals surface area contributed by atoms with Gasteiger partial charge in [-0.3, -0.25) is 4.79 Å². The van der Waals surface area contributed by atoms with Crippen molar-refractivity contribution in [3.05, 3.63) is 18.1 Å². The molecule has 0 aromatic carbocycles. The van der Waals surface area contributed by atoms with Crippen LogP contribution in [0.1, 0.15) is 23.8 Å². The highest BCUT2D eigenvalue weighted by Gasteiger charge is 2.36. The normalized spacial score (nSPS) is 22.4. The van der Waals surface area contributed by atoms with Crippen molar-refractivity contribution in [1.29, 1.82) is 0 Å². The molecule has 2 atom stereocenters. The van der Waals surface area contributed by atoms with Gasteiger partial charge in [0.05, 0.1) is 26.2 Å². The fourth-order valence-electron chi connectivity index (χ4n) is 2.16. The minimum Gasteiger partial charge on any atom is -0.479 e. The molecule has 0 saturated carbocycles. The monoisotopic (exact) mass is 265 g/mol. The molecule has 104 valence electrons. The molecule has 1 saturated heterocycles. The zero-order valence-electron chi connectivity index (χ0n) is 11.3. The third-order valence-corrected chi connectivity index (χ3v) is 3.17. The van der Waals surface area contributed by atoms with Crippen LogP contribution in [-0.4, -0.2) is 48.7 Å². The highest BCUT2D eigenvalue weighted by molar-refractivity contribution is 5.98. The number of aromatic nitrogens is 2. The maximum Gasteiger partial charge on any atom is 0.243 e. The van der Waals surface area contributed by atoms with Gasteiger partial charge in [0.2, 0.25) is 5.88 Å². The Hall–Kier alpha value is -1.53. The average molecular weight is 265 g/mol. The van der Waals surface area contributed by atoms with Gasteiger partial charge in [-0.05, 0) is 13.0 Å². The Morgan fingerprint density at radius 1 is 1.47 bits per heavy atom. The molecular formula is C13H19N3O3. The number of nitrogens with one attached hydrogen (secondary N) is 1. The predicted octanol–water partition coefficient (Wildman–Crippen LogP) is 0.682. The summed E-state index contributed by atoms with van der Waals surface area (Å²) < 4.78 is 10.5. The van der Waals surface area contributed by atoms with Crippen LogP contribution >= 0.6 is 0 Å². The molecule has 0 aliphatic carbocycles. The highest BCUT2D eigenvalue weighted by Crippen LogP contribution is 2.22. The van der Waals surface area contributed by atoms with Gasteiger partial charge < -0.3 is 14.8 Å². The van der Waals surface area contributed by atoms with Crippen LogP contribution in [0.15, 0.2) is 12.4 Å². The molecule has 1 fully saturated rings.